The molecular weight excluding hydrogens is 388 g/mol. The normalized spacial score (nSPS) is 10.9. The van der Waals surface area contributed by atoms with Crippen LogP contribution in [0.5, 0.6) is 5.75 Å². The Morgan fingerprint density at radius 2 is 2.00 bits per heavy atom. The standard InChI is InChI=1S/C25H26N4O2/c1-4-31-23-13-18(10-11-21(23)17-9-8-16(2)22(26)12-17)25(30)29(3)15-20-7-5-6-19-14-27-28-24(19)20/h5-14H,4,15,26H2,1-3H3,(H,27,28). The Morgan fingerprint density at radius 3 is 2.77 bits per heavy atom. The number of ether oxygens (including phenoxy) is 1. The predicted molar refractivity (Wildman–Crippen MR) is 124 cm³/mol. The average Bonchev–Trinajstić information content (AvgIpc) is 3.25. The first-order valence-corrected chi connectivity index (χ1v) is 10.3. The third kappa shape index (κ3) is 4.10. The molecule has 0 unspecified atom stereocenters. The number of aromatic amines is 1. The molecule has 0 fully saturated rings. The smallest absolute Gasteiger partial charge is 0.254 e. The van der Waals surface area contributed by atoms with Gasteiger partial charge in [-0.25, -0.2) is 0 Å². The van der Waals surface area contributed by atoms with Crippen LogP contribution in [0.15, 0.2) is 60.8 Å². The van der Waals surface area contributed by atoms with Gasteiger partial charge in [-0.15, -0.1) is 0 Å². The zero-order valence-corrected chi connectivity index (χ0v) is 18.0. The highest BCUT2D eigenvalue weighted by Crippen LogP contribution is 2.33. The molecule has 0 aliphatic rings. The predicted octanol–water partition coefficient (Wildman–Crippen LogP) is 4.79. The van der Waals surface area contributed by atoms with Crippen LogP contribution < -0.4 is 10.5 Å². The number of carbonyl (C=O) groups is 1. The van der Waals surface area contributed by atoms with Crippen LogP contribution >= 0.6 is 0 Å². The van der Waals surface area contributed by atoms with Crippen molar-refractivity contribution in [2.24, 2.45) is 0 Å². The molecule has 0 saturated heterocycles. The molecule has 3 aromatic carbocycles. The number of nitrogens with zero attached hydrogens (tertiary/aromatic N) is 2. The van der Waals surface area contributed by atoms with Gasteiger partial charge in [-0.1, -0.05) is 30.3 Å². The van der Waals surface area contributed by atoms with Crippen LogP contribution in [0.4, 0.5) is 5.69 Å². The molecule has 158 valence electrons. The van der Waals surface area contributed by atoms with Crippen LogP contribution in [0.2, 0.25) is 0 Å². The summed E-state index contributed by atoms with van der Waals surface area (Å²) in [5, 5.41) is 8.14. The van der Waals surface area contributed by atoms with Crippen molar-refractivity contribution in [3.05, 3.63) is 77.5 Å². The molecule has 1 heterocycles. The zero-order chi connectivity index (χ0) is 22.0. The summed E-state index contributed by atoms with van der Waals surface area (Å²) in [6, 6.07) is 17.5. The van der Waals surface area contributed by atoms with E-state index in [1.165, 1.54) is 0 Å². The van der Waals surface area contributed by atoms with Crippen LogP contribution in [0.3, 0.4) is 0 Å². The number of carbonyl (C=O) groups excluding carboxylic acids is 1. The molecule has 31 heavy (non-hydrogen) atoms. The fourth-order valence-electron chi connectivity index (χ4n) is 3.69. The topological polar surface area (TPSA) is 84.2 Å². The van der Waals surface area contributed by atoms with E-state index in [0.717, 1.165) is 38.8 Å². The second-order valence-corrected chi connectivity index (χ2v) is 7.63. The Morgan fingerprint density at radius 1 is 1.16 bits per heavy atom. The monoisotopic (exact) mass is 414 g/mol. The number of rotatable bonds is 6. The molecule has 0 atom stereocenters. The molecule has 6 heteroatoms. The van der Waals surface area contributed by atoms with E-state index in [4.69, 9.17) is 10.5 Å². The molecule has 0 aliphatic heterocycles. The summed E-state index contributed by atoms with van der Waals surface area (Å²) in [6.45, 7) is 4.88. The Labute approximate surface area is 181 Å². The second kappa shape index (κ2) is 8.52. The van der Waals surface area contributed by atoms with Crippen LogP contribution in [-0.4, -0.2) is 34.7 Å². The van der Waals surface area contributed by atoms with E-state index < -0.39 is 0 Å². The summed E-state index contributed by atoms with van der Waals surface area (Å²) in [4.78, 5) is 14.8. The van der Waals surface area contributed by atoms with Crippen LogP contribution in [0, 0.1) is 6.92 Å². The van der Waals surface area contributed by atoms with Gasteiger partial charge in [-0.3, -0.25) is 9.89 Å². The summed E-state index contributed by atoms with van der Waals surface area (Å²) in [5.41, 5.74) is 12.3. The molecule has 1 amide bonds. The van der Waals surface area contributed by atoms with E-state index in [9.17, 15) is 4.79 Å². The van der Waals surface area contributed by atoms with E-state index in [1.807, 2.05) is 68.4 Å². The zero-order valence-electron chi connectivity index (χ0n) is 18.0. The molecule has 1 aromatic heterocycles. The van der Waals surface area contributed by atoms with Crippen molar-refractivity contribution in [1.29, 1.82) is 0 Å². The Kier molecular flexibility index (Phi) is 5.62. The lowest BCUT2D eigenvalue weighted by Gasteiger charge is -2.19. The third-order valence-corrected chi connectivity index (χ3v) is 5.44. The fraction of sp³-hybridized carbons (Fsp3) is 0.200. The minimum Gasteiger partial charge on any atom is -0.493 e. The van der Waals surface area contributed by atoms with E-state index in [1.54, 1.807) is 18.1 Å². The van der Waals surface area contributed by atoms with Crippen molar-refractivity contribution < 1.29 is 9.53 Å². The number of nitrogens with one attached hydrogen (secondary N) is 1. The lowest BCUT2D eigenvalue weighted by atomic mass is 10.00. The van der Waals surface area contributed by atoms with E-state index in [0.29, 0.717) is 24.5 Å². The molecule has 0 saturated carbocycles. The number of aryl methyl sites for hydroxylation is 1. The van der Waals surface area contributed by atoms with E-state index in [-0.39, 0.29) is 5.91 Å². The number of hydrogen-bond acceptors (Lipinski definition) is 4. The van der Waals surface area contributed by atoms with Gasteiger partial charge in [0, 0.05) is 35.8 Å². The molecule has 0 bridgehead atoms. The number of fused-ring (bicyclic) bond motifs is 1. The van der Waals surface area contributed by atoms with Gasteiger partial charge < -0.3 is 15.4 Å². The van der Waals surface area contributed by atoms with Gasteiger partial charge in [0.05, 0.1) is 18.3 Å². The molecule has 4 aromatic rings. The van der Waals surface area contributed by atoms with Crippen molar-refractivity contribution in [3.63, 3.8) is 0 Å². The maximum Gasteiger partial charge on any atom is 0.254 e. The highest BCUT2D eigenvalue weighted by molar-refractivity contribution is 5.96. The van der Waals surface area contributed by atoms with Crippen molar-refractivity contribution in [1.82, 2.24) is 15.1 Å². The fourth-order valence-corrected chi connectivity index (χ4v) is 3.69. The highest BCUT2D eigenvalue weighted by atomic mass is 16.5. The van der Waals surface area contributed by atoms with Gasteiger partial charge in [0.15, 0.2) is 0 Å². The first kappa shape index (κ1) is 20.5. The third-order valence-electron chi connectivity index (χ3n) is 5.44. The van der Waals surface area contributed by atoms with Crippen molar-refractivity contribution in [3.8, 4) is 16.9 Å². The molecule has 0 spiro atoms. The molecule has 0 radical (unpaired) electrons. The van der Waals surface area contributed by atoms with Crippen molar-refractivity contribution in [2.45, 2.75) is 20.4 Å². The van der Waals surface area contributed by atoms with Crippen LogP contribution in [0.25, 0.3) is 22.0 Å². The number of aromatic nitrogens is 2. The number of nitrogens with two attached hydrogens (primary N) is 1. The van der Waals surface area contributed by atoms with Gasteiger partial charge in [0.2, 0.25) is 0 Å². The molecule has 3 N–H and O–H groups in total. The van der Waals surface area contributed by atoms with Crippen molar-refractivity contribution in [2.75, 3.05) is 19.4 Å². The number of amides is 1. The summed E-state index contributed by atoms with van der Waals surface area (Å²) in [5.74, 6) is 0.591. The number of anilines is 1. The maximum absolute atomic E-state index is 13.2. The number of para-hydroxylation sites is 1. The quantitative estimate of drug-likeness (QED) is 0.444. The van der Waals surface area contributed by atoms with Gasteiger partial charge in [-0.05, 0) is 54.8 Å². The Bertz CT molecular complexity index is 1250. The second-order valence-electron chi connectivity index (χ2n) is 7.63. The summed E-state index contributed by atoms with van der Waals surface area (Å²) in [7, 11) is 1.80. The van der Waals surface area contributed by atoms with Gasteiger partial charge in [0.1, 0.15) is 5.75 Å². The Hall–Kier alpha value is -3.80. The summed E-state index contributed by atoms with van der Waals surface area (Å²) in [6.07, 6.45) is 1.78. The number of nitrogen functional groups attached to an aromatic ring is 1. The molecule has 4 rings (SSSR count). The van der Waals surface area contributed by atoms with Gasteiger partial charge in [0.25, 0.3) is 5.91 Å². The lowest BCUT2D eigenvalue weighted by molar-refractivity contribution is 0.0785. The maximum atomic E-state index is 13.2. The number of benzene rings is 3. The van der Waals surface area contributed by atoms with Gasteiger partial charge >= 0.3 is 0 Å². The van der Waals surface area contributed by atoms with Crippen LogP contribution in [-0.2, 0) is 6.54 Å². The SMILES string of the molecule is CCOc1cc(C(=O)N(C)Cc2cccc3cn[nH]c23)ccc1-c1ccc(C)c(N)c1. The van der Waals surface area contributed by atoms with Crippen LogP contribution in [0.1, 0.15) is 28.4 Å². The number of H-pyrrole nitrogens is 1. The molecule has 0 aliphatic carbocycles. The van der Waals surface area contributed by atoms with Gasteiger partial charge in [-0.2, -0.15) is 5.10 Å². The largest absolute Gasteiger partial charge is 0.493 e. The highest BCUT2D eigenvalue weighted by Gasteiger charge is 2.17. The minimum atomic E-state index is -0.0764. The Balaban J connectivity index is 1.62. The van der Waals surface area contributed by atoms with Crippen molar-refractivity contribution >= 4 is 22.5 Å². The van der Waals surface area contributed by atoms with E-state index >= 15 is 0 Å². The summed E-state index contributed by atoms with van der Waals surface area (Å²) < 4.78 is 5.87. The lowest BCUT2D eigenvalue weighted by Crippen LogP contribution is -2.26. The minimum absolute atomic E-state index is 0.0764. The number of hydrogen-bond donors (Lipinski definition) is 2. The average molecular weight is 415 g/mol. The van der Waals surface area contributed by atoms with E-state index in [2.05, 4.69) is 10.2 Å². The first-order valence-electron chi connectivity index (χ1n) is 10.3. The first-order chi connectivity index (χ1) is 15.0. The summed E-state index contributed by atoms with van der Waals surface area (Å²) >= 11 is 0. The molecular formula is C25H26N4O2. The molecule has 6 nitrogen and oxygen atoms in total.